The molecule has 0 aliphatic carbocycles. The minimum atomic E-state index is 0.727. The first kappa shape index (κ1) is 13.9. The van der Waals surface area contributed by atoms with Gasteiger partial charge in [0, 0.05) is 27.4 Å². The molecule has 2 aromatic carbocycles. The van der Waals surface area contributed by atoms with Crippen molar-refractivity contribution in [2.24, 2.45) is 0 Å². The van der Waals surface area contributed by atoms with Gasteiger partial charge in [-0.1, -0.05) is 12.1 Å². The molecule has 1 heterocycles. The Kier molecular flexibility index (Phi) is 3.55. The predicted molar refractivity (Wildman–Crippen MR) is 93.1 cm³/mol. The molecule has 0 saturated heterocycles. The molecule has 0 aliphatic rings. The maximum absolute atomic E-state index is 6.05. The molecule has 0 fully saturated rings. The van der Waals surface area contributed by atoms with E-state index in [-0.39, 0.29) is 0 Å². The van der Waals surface area contributed by atoms with E-state index in [1.165, 1.54) is 11.1 Å². The summed E-state index contributed by atoms with van der Waals surface area (Å²) in [6.07, 6.45) is 1.79. The van der Waals surface area contributed by atoms with Crippen molar-refractivity contribution in [2.45, 2.75) is 13.8 Å². The summed E-state index contributed by atoms with van der Waals surface area (Å²) in [5.41, 5.74) is 12.1. The molecule has 21 heavy (non-hydrogen) atoms. The van der Waals surface area contributed by atoms with Gasteiger partial charge in [-0.05, 0) is 65.2 Å². The van der Waals surface area contributed by atoms with E-state index in [2.05, 4.69) is 58.3 Å². The lowest BCUT2D eigenvalue weighted by Gasteiger charge is -2.13. The topological polar surface area (TPSA) is 50.9 Å². The van der Waals surface area contributed by atoms with Gasteiger partial charge in [0.15, 0.2) is 0 Å². The number of rotatable bonds is 2. The highest BCUT2D eigenvalue weighted by Gasteiger charge is 2.08. The van der Waals surface area contributed by atoms with E-state index in [0.717, 1.165) is 32.4 Å². The van der Waals surface area contributed by atoms with Crippen LogP contribution in [0.25, 0.3) is 10.9 Å². The predicted octanol–water partition coefficient (Wildman–Crippen LogP) is 4.94. The highest BCUT2D eigenvalue weighted by molar-refractivity contribution is 9.10. The second kappa shape index (κ2) is 5.37. The molecular formula is C17H16BrN3. The molecule has 4 heteroatoms. The molecule has 3 aromatic rings. The third kappa shape index (κ3) is 2.72. The summed E-state index contributed by atoms with van der Waals surface area (Å²) in [4.78, 5) is 4.50. The molecule has 3 N–H and O–H groups in total. The number of nitrogens with two attached hydrogens (primary N) is 1. The van der Waals surface area contributed by atoms with Gasteiger partial charge in [0.05, 0.1) is 11.2 Å². The number of hydrogen-bond donors (Lipinski definition) is 2. The molecule has 0 amide bonds. The van der Waals surface area contributed by atoms with Crippen LogP contribution in [0.3, 0.4) is 0 Å². The van der Waals surface area contributed by atoms with E-state index in [1.54, 1.807) is 6.20 Å². The average molecular weight is 342 g/mol. The molecule has 0 unspecified atom stereocenters. The van der Waals surface area contributed by atoms with Gasteiger partial charge in [0.1, 0.15) is 0 Å². The monoisotopic (exact) mass is 341 g/mol. The Morgan fingerprint density at radius 2 is 1.86 bits per heavy atom. The van der Waals surface area contributed by atoms with E-state index in [1.807, 2.05) is 18.2 Å². The van der Waals surface area contributed by atoms with Crippen LogP contribution in [-0.2, 0) is 0 Å². The second-order valence-corrected chi connectivity index (χ2v) is 6.11. The van der Waals surface area contributed by atoms with Crippen molar-refractivity contribution < 1.29 is 0 Å². The van der Waals surface area contributed by atoms with Crippen LogP contribution in [0.1, 0.15) is 11.1 Å². The Balaban J connectivity index is 2.13. The summed E-state index contributed by atoms with van der Waals surface area (Å²) in [5, 5.41) is 4.41. The van der Waals surface area contributed by atoms with E-state index in [4.69, 9.17) is 5.73 Å². The summed E-state index contributed by atoms with van der Waals surface area (Å²) < 4.78 is 0.922. The number of nitrogens with zero attached hydrogens (tertiary/aromatic N) is 1. The number of benzene rings is 2. The van der Waals surface area contributed by atoms with Gasteiger partial charge in [-0.15, -0.1) is 0 Å². The normalized spacial score (nSPS) is 10.8. The van der Waals surface area contributed by atoms with Crippen molar-refractivity contribution in [3.8, 4) is 0 Å². The molecule has 0 atom stereocenters. The van der Waals surface area contributed by atoms with Gasteiger partial charge in [-0.25, -0.2) is 0 Å². The smallest absolute Gasteiger partial charge is 0.0958 e. The van der Waals surface area contributed by atoms with Gasteiger partial charge < -0.3 is 11.1 Å². The Morgan fingerprint density at radius 3 is 2.67 bits per heavy atom. The van der Waals surface area contributed by atoms with Crippen LogP contribution in [0, 0.1) is 13.8 Å². The number of aromatic nitrogens is 1. The van der Waals surface area contributed by atoms with Crippen LogP contribution >= 0.6 is 15.9 Å². The molecular weight excluding hydrogens is 326 g/mol. The highest BCUT2D eigenvalue weighted by Crippen LogP contribution is 2.31. The van der Waals surface area contributed by atoms with Crippen molar-refractivity contribution in [3.63, 3.8) is 0 Å². The Hall–Kier alpha value is -2.07. The highest BCUT2D eigenvalue weighted by atomic mass is 79.9. The first-order valence-corrected chi connectivity index (χ1v) is 7.52. The Morgan fingerprint density at radius 1 is 1.05 bits per heavy atom. The van der Waals surface area contributed by atoms with Gasteiger partial charge in [-0.3, -0.25) is 4.98 Å². The fraction of sp³-hybridized carbons (Fsp3) is 0.118. The number of fused-ring (bicyclic) bond motifs is 1. The van der Waals surface area contributed by atoms with E-state index in [9.17, 15) is 0 Å². The number of aryl methyl sites for hydroxylation is 2. The maximum Gasteiger partial charge on any atom is 0.0958 e. The van der Waals surface area contributed by atoms with Crippen LogP contribution in [-0.4, -0.2) is 4.98 Å². The van der Waals surface area contributed by atoms with Crippen molar-refractivity contribution in [3.05, 3.63) is 58.2 Å². The summed E-state index contributed by atoms with van der Waals surface area (Å²) in [6, 6.07) is 12.2. The third-order valence-electron chi connectivity index (χ3n) is 3.51. The molecule has 1 aromatic heterocycles. The van der Waals surface area contributed by atoms with Crippen molar-refractivity contribution in [1.82, 2.24) is 4.98 Å². The van der Waals surface area contributed by atoms with Gasteiger partial charge in [0.25, 0.3) is 0 Å². The van der Waals surface area contributed by atoms with Crippen molar-refractivity contribution >= 4 is 43.9 Å². The minimum absolute atomic E-state index is 0.727. The Labute approximate surface area is 132 Å². The largest absolute Gasteiger partial charge is 0.398 e. The van der Waals surface area contributed by atoms with E-state index in [0.29, 0.717) is 0 Å². The van der Waals surface area contributed by atoms with Gasteiger partial charge >= 0.3 is 0 Å². The summed E-state index contributed by atoms with van der Waals surface area (Å²) in [5.74, 6) is 0. The van der Waals surface area contributed by atoms with Crippen molar-refractivity contribution in [1.29, 1.82) is 0 Å². The zero-order valence-electron chi connectivity index (χ0n) is 11.9. The molecule has 0 aliphatic heterocycles. The summed E-state index contributed by atoms with van der Waals surface area (Å²) in [6.45, 7) is 4.17. The van der Waals surface area contributed by atoms with Crippen LogP contribution in [0.5, 0.6) is 0 Å². The fourth-order valence-electron chi connectivity index (χ4n) is 2.33. The maximum atomic E-state index is 6.05. The second-order valence-electron chi connectivity index (χ2n) is 5.20. The lowest BCUT2D eigenvalue weighted by Crippen LogP contribution is -1.97. The average Bonchev–Trinajstić information content (AvgIpc) is 2.46. The quantitative estimate of drug-likeness (QED) is 0.649. The lowest BCUT2D eigenvalue weighted by atomic mass is 10.1. The van der Waals surface area contributed by atoms with Crippen LogP contribution in [0.2, 0.25) is 0 Å². The minimum Gasteiger partial charge on any atom is -0.398 e. The van der Waals surface area contributed by atoms with Crippen molar-refractivity contribution in [2.75, 3.05) is 11.1 Å². The number of nitrogens with one attached hydrogen (secondary N) is 1. The standard InChI is InChI=1S/C17H16BrN3/c1-10-3-4-11(2)16(7-10)21-15-6-5-14(19)13-8-12(18)9-20-17(13)15/h3-9,21H,19H2,1-2H3. The fourth-order valence-corrected chi connectivity index (χ4v) is 2.66. The number of hydrogen-bond acceptors (Lipinski definition) is 3. The molecule has 0 bridgehead atoms. The molecule has 3 nitrogen and oxygen atoms in total. The molecule has 3 rings (SSSR count). The van der Waals surface area contributed by atoms with Crippen LogP contribution in [0.15, 0.2) is 47.1 Å². The SMILES string of the molecule is Cc1ccc(C)c(Nc2ccc(N)c3cc(Br)cnc23)c1. The first-order chi connectivity index (χ1) is 10.0. The first-order valence-electron chi connectivity index (χ1n) is 6.72. The number of pyridine rings is 1. The number of anilines is 3. The zero-order valence-corrected chi connectivity index (χ0v) is 13.5. The molecule has 0 spiro atoms. The Bertz CT molecular complexity index is 828. The van der Waals surface area contributed by atoms with Gasteiger partial charge in [-0.2, -0.15) is 0 Å². The number of nitrogen functional groups attached to an aromatic ring is 1. The lowest BCUT2D eigenvalue weighted by molar-refractivity contribution is 1.36. The van der Waals surface area contributed by atoms with Crippen LogP contribution in [0.4, 0.5) is 17.1 Å². The summed E-state index contributed by atoms with van der Waals surface area (Å²) in [7, 11) is 0. The van der Waals surface area contributed by atoms with E-state index >= 15 is 0 Å². The van der Waals surface area contributed by atoms with Crippen LogP contribution < -0.4 is 11.1 Å². The van der Waals surface area contributed by atoms with Gasteiger partial charge in [0.2, 0.25) is 0 Å². The van der Waals surface area contributed by atoms with E-state index < -0.39 is 0 Å². The molecule has 106 valence electrons. The molecule has 0 radical (unpaired) electrons. The summed E-state index contributed by atoms with van der Waals surface area (Å²) >= 11 is 3.44. The third-order valence-corrected chi connectivity index (χ3v) is 3.95. The zero-order chi connectivity index (χ0) is 15.0. The number of halogens is 1. The molecule has 0 saturated carbocycles.